The Balaban J connectivity index is 1.59. The molecule has 6 nitrogen and oxygen atoms in total. The van der Waals surface area contributed by atoms with E-state index in [2.05, 4.69) is 9.97 Å². The maximum Gasteiger partial charge on any atom is 0.342 e. The summed E-state index contributed by atoms with van der Waals surface area (Å²) in [5.41, 5.74) is 0.290. The van der Waals surface area contributed by atoms with Crippen LogP contribution in [0.4, 0.5) is 0 Å². The minimum atomic E-state index is -0.691. The highest BCUT2D eigenvalue weighted by atomic mass is 16.5. The molecular weight excluding hydrogens is 332 g/mol. The van der Waals surface area contributed by atoms with E-state index in [1.165, 1.54) is 6.07 Å². The molecule has 6 heteroatoms. The van der Waals surface area contributed by atoms with Crippen molar-refractivity contribution in [2.24, 2.45) is 0 Å². The summed E-state index contributed by atoms with van der Waals surface area (Å²) in [7, 11) is 0. The van der Waals surface area contributed by atoms with Gasteiger partial charge in [-0.15, -0.1) is 0 Å². The van der Waals surface area contributed by atoms with Crippen LogP contribution in [0.3, 0.4) is 0 Å². The van der Waals surface area contributed by atoms with Crippen molar-refractivity contribution in [2.75, 3.05) is 0 Å². The maximum atomic E-state index is 12.3. The number of phenolic OH excluding ortho intramolecular Hbond substituents is 1. The molecule has 0 spiro atoms. The van der Waals surface area contributed by atoms with Gasteiger partial charge in [-0.3, -0.25) is 4.79 Å². The Morgan fingerprint density at radius 2 is 1.73 bits per heavy atom. The fraction of sp³-hybridized carbons (Fsp3) is 0.0500. The van der Waals surface area contributed by atoms with Crippen LogP contribution in [-0.4, -0.2) is 21.0 Å². The predicted octanol–water partition coefficient (Wildman–Crippen LogP) is 3.14. The molecule has 1 heterocycles. The minimum Gasteiger partial charge on any atom is -0.507 e. The Morgan fingerprint density at radius 1 is 1.04 bits per heavy atom. The number of carbonyl (C=O) groups excluding carboxylic acids is 1. The highest BCUT2D eigenvalue weighted by molar-refractivity contribution is 5.98. The van der Waals surface area contributed by atoms with Gasteiger partial charge in [-0.1, -0.05) is 36.4 Å². The normalized spacial score (nSPS) is 10.9. The number of benzene rings is 3. The summed E-state index contributed by atoms with van der Waals surface area (Å²) in [4.78, 5) is 31.2. The summed E-state index contributed by atoms with van der Waals surface area (Å²) in [6, 6.07) is 17.4. The van der Waals surface area contributed by atoms with Crippen LogP contribution in [-0.2, 0) is 11.3 Å². The lowest BCUT2D eigenvalue weighted by atomic mass is 10.1. The van der Waals surface area contributed by atoms with Gasteiger partial charge >= 0.3 is 5.97 Å². The number of ether oxygens (including phenoxy) is 1. The molecule has 0 saturated carbocycles. The molecule has 3 aromatic carbocycles. The molecule has 0 fully saturated rings. The van der Waals surface area contributed by atoms with Crippen molar-refractivity contribution in [1.82, 2.24) is 9.97 Å². The highest BCUT2D eigenvalue weighted by Gasteiger charge is 2.15. The number of H-pyrrole nitrogens is 1. The summed E-state index contributed by atoms with van der Waals surface area (Å²) in [6.07, 6.45) is 0. The smallest absolute Gasteiger partial charge is 0.342 e. The van der Waals surface area contributed by atoms with Crippen molar-refractivity contribution in [3.63, 3.8) is 0 Å². The lowest BCUT2D eigenvalue weighted by Crippen LogP contribution is -2.14. The second-order valence-electron chi connectivity index (χ2n) is 5.82. The van der Waals surface area contributed by atoms with Gasteiger partial charge in [-0.2, -0.15) is 0 Å². The summed E-state index contributed by atoms with van der Waals surface area (Å²) in [6.45, 7) is -0.203. The second-order valence-corrected chi connectivity index (χ2v) is 5.82. The summed E-state index contributed by atoms with van der Waals surface area (Å²) in [5.74, 6) is -0.611. The first-order chi connectivity index (χ1) is 12.6. The molecule has 0 amide bonds. The van der Waals surface area contributed by atoms with E-state index in [1.807, 2.05) is 24.3 Å². The molecule has 0 saturated heterocycles. The lowest BCUT2D eigenvalue weighted by Gasteiger charge is -2.08. The van der Waals surface area contributed by atoms with Gasteiger partial charge in [0.05, 0.1) is 10.9 Å². The molecule has 26 heavy (non-hydrogen) atoms. The Morgan fingerprint density at radius 3 is 2.54 bits per heavy atom. The number of carbonyl (C=O) groups is 1. The standard InChI is InChI=1S/C20H14N2O4/c23-17-10-13-6-2-1-5-12(13)9-15(17)20(25)26-11-18-21-16-8-4-3-7-14(16)19(24)22-18/h1-10,23H,11H2,(H,21,22,24). The van der Waals surface area contributed by atoms with Crippen LogP contribution in [0.15, 0.2) is 65.5 Å². The molecule has 128 valence electrons. The average Bonchev–Trinajstić information content (AvgIpc) is 2.65. The Kier molecular flexibility index (Phi) is 3.85. The number of aromatic nitrogens is 2. The Bertz CT molecular complexity index is 1200. The summed E-state index contributed by atoms with van der Waals surface area (Å²) in [5, 5.41) is 12.2. The third-order valence-electron chi connectivity index (χ3n) is 4.09. The third-order valence-corrected chi connectivity index (χ3v) is 4.09. The molecule has 0 bridgehead atoms. The molecule has 0 unspecified atom stereocenters. The third kappa shape index (κ3) is 2.88. The predicted molar refractivity (Wildman–Crippen MR) is 97.1 cm³/mol. The van der Waals surface area contributed by atoms with E-state index in [-0.39, 0.29) is 29.3 Å². The van der Waals surface area contributed by atoms with Crippen LogP contribution >= 0.6 is 0 Å². The van der Waals surface area contributed by atoms with Gasteiger partial charge in [-0.05, 0) is 35.0 Å². The molecule has 0 aliphatic carbocycles. The first-order valence-electron chi connectivity index (χ1n) is 7.98. The molecular formula is C20H14N2O4. The van der Waals surface area contributed by atoms with Gasteiger partial charge in [-0.25, -0.2) is 9.78 Å². The average molecular weight is 346 g/mol. The fourth-order valence-corrected chi connectivity index (χ4v) is 2.81. The van der Waals surface area contributed by atoms with Crippen molar-refractivity contribution in [1.29, 1.82) is 0 Å². The minimum absolute atomic E-state index is 0.0619. The van der Waals surface area contributed by atoms with Crippen LogP contribution in [0.2, 0.25) is 0 Å². The van der Waals surface area contributed by atoms with Gasteiger partial charge in [0.1, 0.15) is 23.7 Å². The topological polar surface area (TPSA) is 92.3 Å². The van der Waals surface area contributed by atoms with Gasteiger partial charge in [0.2, 0.25) is 0 Å². The van der Waals surface area contributed by atoms with Gasteiger partial charge in [0, 0.05) is 0 Å². The zero-order valence-electron chi connectivity index (χ0n) is 13.6. The van der Waals surface area contributed by atoms with Crippen molar-refractivity contribution < 1.29 is 14.6 Å². The van der Waals surface area contributed by atoms with Crippen LogP contribution in [0.1, 0.15) is 16.2 Å². The number of phenols is 1. The first kappa shape index (κ1) is 15.8. The number of rotatable bonds is 3. The van der Waals surface area contributed by atoms with E-state index >= 15 is 0 Å². The lowest BCUT2D eigenvalue weighted by molar-refractivity contribution is 0.0459. The second kappa shape index (κ2) is 6.33. The van der Waals surface area contributed by atoms with Crippen LogP contribution in [0.5, 0.6) is 5.75 Å². The number of aromatic hydroxyl groups is 1. The van der Waals surface area contributed by atoms with Gasteiger partial charge in [0.15, 0.2) is 0 Å². The van der Waals surface area contributed by atoms with E-state index in [1.54, 1.807) is 30.3 Å². The molecule has 0 aliphatic rings. The van der Waals surface area contributed by atoms with Gasteiger partial charge in [0.25, 0.3) is 5.56 Å². The molecule has 1 aromatic heterocycles. The van der Waals surface area contributed by atoms with Crippen molar-refractivity contribution in [3.05, 3.63) is 82.4 Å². The molecule has 0 radical (unpaired) electrons. The Labute approximate surface area is 147 Å². The number of para-hydroxylation sites is 1. The largest absolute Gasteiger partial charge is 0.507 e. The number of aromatic amines is 1. The quantitative estimate of drug-likeness (QED) is 0.556. The zero-order valence-corrected chi connectivity index (χ0v) is 13.6. The maximum absolute atomic E-state index is 12.3. The fourth-order valence-electron chi connectivity index (χ4n) is 2.81. The first-order valence-corrected chi connectivity index (χ1v) is 7.98. The summed E-state index contributed by atoms with van der Waals surface area (Å²) >= 11 is 0. The molecule has 0 atom stereocenters. The molecule has 0 aliphatic heterocycles. The van der Waals surface area contributed by atoms with Crippen LogP contribution in [0, 0.1) is 0 Å². The molecule has 4 aromatic rings. The summed E-state index contributed by atoms with van der Waals surface area (Å²) < 4.78 is 5.22. The van der Waals surface area contributed by atoms with E-state index in [9.17, 15) is 14.7 Å². The molecule has 2 N–H and O–H groups in total. The van der Waals surface area contributed by atoms with Crippen LogP contribution in [0.25, 0.3) is 21.7 Å². The number of hydrogen-bond donors (Lipinski definition) is 2. The van der Waals surface area contributed by atoms with Crippen molar-refractivity contribution in [2.45, 2.75) is 6.61 Å². The highest BCUT2D eigenvalue weighted by Crippen LogP contribution is 2.25. The van der Waals surface area contributed by atoms with E-state index in [0.29, 0.717) is 10.9 Å². The van der Waals surface area contributed by atoms with Crippen molar-refractivity contribution in [3.8, 4) is 5.75 Å². The van der Waals surface area contributed by atoms with Crippen LogP contribution < -0.4 is 5.56 Å². The molecule has 4 rings (SSSR count). The van der Waals surface area contributed by atoms with E-state index < -0.39 is 5.97 Å². The van der Waals surface area contributed by atoms with E-state index in [4.69, 9.17) is 4.74 Å². The number of nitrogens with zero attached hydrogens (tertiary/aromatic N) is 1. The number of esters is 1. The number of fused-ring (bicyclic) bond motifs is 2. The SMILES string of the molecule is O=C(OCc1nc2ccccc2c(=O)[nH]1)c1cc2ccccc2cc1O. The van der Waals surface area contributed by atoms with E-state index in [0.717, 1.165) is 10.8 Å². The van der Waals surface area contributed by atoms with Crippen molar-refractivity contribution >= 4 is 27.6 Å². The number of nitrogens with one attached hydrogen (secondary N) is 1. The Hall–Kier alpha value is -3.67. The van der Waals surface area contributed by atoms with Gasteiger partial charge < -0.3 is 14.8 Å². The monoisotopic (exact) mass is 346 g/mol. The number of hydrogen-bond acceptors (Lipinski definition) is 5. The zero-order chi connectivity index (χ0) is 18.1.